The van der Waals surface area contributed by atoms with Gasteiger partial charge in [0.2, 0.25) is 5.91 Å². The SMILES string of the molecule is O=C(N[C@H]1CS(=O)(=O)[C@H]2CN(C(=O)C3CC3)C[C@@H]12)c1ccccc1. The summed E-state index contributed by atoms with van der Waals surface area (Å²) in [4.78, 5) is 26.3. The molecule has 6 nitrogen and oxygen atoms in total. The summed E-state index contributed by atoms with van der Waals surface area (Å²) in [6.45, 7) is 0.707. The summed E-state index contributed by atoms with van der Waals surface area (Å²) in [5, 5.41) is 2.33. The summed E-state index contributed by atoms with van der Waals surface area (Å²) < 4.78 is 24.9. The fraction of sp³-hybridized carbons (Fsp3) is 0.529. The van der Waals surface area contributed by atoms with E-state index in [-0.39, 0.29) is 35.9 Å². The minimum Gasteiger partial charge on any atom is -0.348 e. The van der Waals surface area contributed by atoms with Gasteiger partial charge in [0.1, 0.15) is 0 Å². The van der Waals surface area contributed by atoms with E-state index in [0.717, 1.165) is 12.8 Å². The largest absolute Gasteiger partial charge is 0.348 e. The van der Waals surface area contributed by atoms with Crippen molar-refractivity contribution < 1.29 is 18.0 Å². The molecule has 3 fully saturated rings. The Kier molecular flexibility index (Phi) is 3.63. The molecule has 2 heterocycles. The van der Waals surface area contributed by atoms with Gasteiger partial charge in [-0.3, -0.25) is 9.59 Å². The summed E-state index contributed by atoms with van der Waals surface area (Å²) in [6, 6.07) is 8.35. The monoisotopic (exact) mass is 348 g/mol. The molecular weight excluding hydrogens is 328 g/mol. The Balaban J connectivity index is 1.50. The highest BCUT2D eigenvalue weighted by atomic mass is 32.2. The number of fused-ring (bicyclic) bond motifs is 1. The summed E-state index contributed by atoms with van der Waals surface area (Å²) in [5.41, 5.74) is 0.516. The molecule has 2 saturated heterocycles. The second-order valence-corrected chi connectivity index (χ2v) is 9.26. The molecule has 128 valence electrons. The topological polar surface area (TPSA) is 83.6 Å². The molecule has 2 amide bonds. The number of hydrogen-bond acceptors (Lipinski definition) is 4. The van der Waals surface area contributed by atoms with Crippen LogP contribution in [0.2, 0.25) is 0 Å². The van der Waals surface area contributed by atoms with Gasteiger partial charge in [-0.1, -0.05) is 18.2 Å². The third-order valence-corrected chi connectivity index (χ3v) is 7.53. The lowest BCUT2D eigenvalue weighted by Crippen LogP contribution is -2.42. The van der Waals surface area contributed by atoms with Crippen molar-refractivity contribution in [3.05, 3.63) is 35.9 Å². The highest BCUT2D eigenvalue weighted by molar-refractivity contribution is 7.92. The van der Waals surface area contributed by atoms with Gasteiger partial charge in [-0.2, -0.15) is 0 Å². The maximum atomic E-state index is 12.4. The lowest BCUT2D eigenvalue weighted by Gasteiger charge is -2.21. The maximum absolute atomic E-state index is 12.4. The lowest BCUT2D eigenvalue weighted by molar-refractivity contribution is -0.131. The summed E-state index contributed by atoms with van der Waals surface area (Å²) in [5.74, 6) is -0.336. The van der Waals surface area contributed by atoms with Crippen molar-refractivity contribution in [1.82, 2.24) is 10.2 Å². The Morgan fingerprint density at radius 2 is 1.79 bits per heavy atom. The van der Waals surface area contributed by atoms with Crippen LogP contribution in [0.15, 0.2) is 30.3 Å². The number of carbonyl (C=O) groups excluding carboxylic acids is 2. The van der Waals surface area contributed by atoms with Crippen molar-refractivity contribution >= 4 is 21.7 Å². The van der Waals surface area contributed by atoms with Gasteiger partial charge in [0, 0.05) is 36.5 Å². The second-order valence-electron chi connectivity index (χ2n) is 7.00. The van der Waals surface area contributed by atoms with E-state index in [1.807, 2.05) is 6.07 Å². The molecule has 3 aliphatic rings. The molecule has 0 bridgehead atoms. The third kappa shape index (κ3) is 2.70. The van der Waals surface area contributed by atoms with Crippen molar-refractivity contribution in [3.63, 3.8) is 0 Å². The van der Waals surface area contributed by atoms with Crippen LogP contribution in [0.5, 0.6) is 0 Å². The predicted molar refractivity (Wildman–Crippen MR) is 88.1 cm³/mol. The zero-order valence-electron chi connectivity index (χ0n) is 13.2. The van der Waals surface area contributed by atoms with Crippen LogP contribution < -0.4 is 5.32 Å². The van der Waals surface area contributed by atoms with E-state index in [0.29, 0.717) is 12.1 Å². The lowest BCUT2D eigenvalue weighted by atomic mass is 10.00. The zero-order chi connectivity index (χ0) is 16.9. The molecule has 0 unspecified atom stereocenters. The zero-order valence-corrected chi connectivity index (χ0v) is 14.0. The first kappa shape index (κ1) is 15.6. The number of carbonyl (C=O) groups is 2. The van der Waals surface area contributed by atoms with Crippen molar-refractivity contribution in [3.8, 4) is 0 Å². The van der Waals surface area contributed by atoms with Crippen LogP contribution >= 0.6 is 0 Å². The van der Waals surface area contributed by atoms with Gasteiger partial charge in [0.25, 0.3) is 5.91 Å². The van der Waals surface area contributed by atoms with E-state index in [1.54, 1.807) is 29.2 Å². The fourth-order valence-electron chi connectivity index (χ4n) is 3.82. The van der Waals surface area contributed by atoms with Crippen LogP contribution in [0.1, 0.15) is 23.2 Å². The average molecular weight is 348 g/mol. The molecule has 3 atom stereocenters. The number of nitrogens with one attached hydrogen (secondary N) is 1. The van der Waals surface area contributed by atoms with Gasteiger partial charge in [0.05, 0.1) is 11.0 Å². The van der Waals surface area contributed by atoms with Crippen LogP contribution in [0.25, 0.3) is 0 Å². The Morgan fingerprint density at radius 3 is 2.46 bits per heavy atom. The van der Waals surface area contributed by atoms with Crippen LogP contribution in [0, 0.1) is 11.8 Å². The van der Waals surface area contributed by atoms with Gasteiger partial charge in [-0.15, -0.1) is 0 Å². The Labute approximate surface area is 141 Å². The first-order chi connectivity index (χ1) is 11.5. The molecule has 24 heavy (non-hydrogen) atoms. The number of sulfone groups is 1. The molecule has 1 N–H and O–H groups in total. The number of amides is 2. The molecule has 1 saturated carbocycles. The van der Waals surface area contributed by atoms with Crippen molar-refractivity contribution in [2.45, 2.75) is 24.1 Å². The number of benzene rings is 1. The molecular formula is C17H20N2O4S. The van der Waals surface area contributed by atoms with Crippen molar-refractivity contribution in [2.75, 3.05) is 18.8 Å². The van der Waals surface area contributed by atoms with Gasteiger partial charge in [0.15, 0.2) is 9.84 Å². The minimum atomic E-state index is -3.28. The summed E-state index contributed by atoms with van der Waals surface area (Å²) in [7, 11) is -3.28. The van der Waals surface area contributed by atoms with E-state index < -0.39 is 21.1 Å². The van der Waals surface area contributed by atoms with Crippen LogP contribution in [-0.4, -0.2) is 55.3 Å². The number of hydrogen-bond donors (Lipinski definition) is 1. The highest BCUT2D eigenvalue weighted by Crippen LogP contribution is 2.38. The highest BCUT2D eigenvalue weighted by Gasteiger charge is 2.54. The van der Waals surface area contributed by atoms with Gasteiger partial charge >= 0.3 is 0 Å². The van der Waals surface area contributed by atoms with E-state index in [9.17, 15) is 18.0 Å². The molecule has 7 heteroatoms. The van der Waals surface area contributed by atoms with Crippen molar-refractivity contribution in [2.24, 2.45) is 11.8 Å². The molecule has 2 aliphatic heterocycles. The molecule has 4 rings (SSSR count). The van der Waals surface area contributed by atoms with Crippen LogP contribution in [0.3, 0.4) is 0 Å². The molecule has 1 aliphatic carbocycles. The minimum absolute atomic E-state index is 0.0354. The van der Waals surface area contributed by atoms with E-state index in [1.165, 1.54) is 0 Å². The third-order valence-electron chi connectivity index (χ3n) is 5.29. The first-order valence-electron chi connectivity index (χ1n) is 8.32. The maximum Gasteiger partial charge on any atom is 0.251 e. The summed E-state index contributed by atoms with van der Waals surface area (Å²) >= 11 is 0. The van der Waals surface area contributed by atoms with E-state index in [2.05, 4.69) is 5.32 Å². The number of nitrogens with zero attached hydrogens (tertiary/aromatic N) is 1. The number of rotatable bonds is 3. The van der Waals surface area contributed by atoms with Gasteiger partial charge in [-0.25, -0.2) is 8.42 Å². The quantitative estimate of drug-likeness (QED) is 0.860. The Bertz CT molecular complexity index is 773. The molecule has 1 aromatic carbocycles. The van der Waals surface area contributed by atoms with Crippen molar-refractivity contribution in [1.29, 1.82) is 0 Å². The van der Waals surface area contributed by atoms with Crippen LogP contribution in [-0.2, 0) is 14.6 Å². The standard InChI is InChI=1S/C17H20N2O4S/c20-16(11-4-2-1-3-5-11)18-14-10-24(22,23)15-9-19(8-13(14)15)17(21)12-6-7-12/h1-5,12-15H,6-10H2,(H,18,20)/t13-,14-,15-/m0/s1. The Hall–Kier alpha value is -1.89. The average Bonchev–Trinajstić information content (AvgIpc) is 3.26. The van der Waals surface area contributed by atoms with E-state index >= 15 is 0 Å². The second kappa shape index (κ2) is 5.58. The Morgan fingerprint density at radius 1 is 1.08 bits per heavy atom. The molecule has 1 aromatic rings. The normalized spacial score (nSPS) is 30.8. The van der Waals surface area contributed by atoms with Gasteiger partial charge < -0.3 is 10.2 Å². The number of likely N-dealkylation sites (tertiary alicyclic amines) is 1. The molecule has 0 spiro atoms. The fourth-order valence-corrected chi connectivity index (χ4v) is 6.11. The van der Waals surface area contributed by atoms with Gasteiger partial charge in [-0.05, 0) is 25.0 Å². The predicted octanol–water partition coefficient (Wildman–Crippen LogP) is 0.450. The molecule has 0 radical (unpaired) electrons. The smallest absolute Gasteiger partial charge is 0.251 e. The first-order valence-corrected chi connectivity index (χ1v) is 10.0. The van der Waals surface area contributed by atoms with Crippen LogP contribution in [0.4, 0.5) is 0 Å². The summed E-state index contributed by atoms with van der Waals surface area (Å²) in [6.07, 6.45) is 1.82. The molecule has 0 aromatic heterocycles. The van der Waals surface area contributed by atoms with E-state index in [4.69, 9.17) is 0 Å².